The van der Waals surface area contributed by atoms with Crippen LogP contribution < -0.4 is 5.73 Å². The first-order valence-corrected chi connectivity index (χ1v) is 4.68. The molecule has 0 unspecified atom stereocenters. The van der Waals surface area contributed by atoms with E-state index in [4.69, 9.17) is 10.8 Å². The Balaban J connectivity index is 0.000000845. The van der Waals surface area contributed by atoms with Crippen LogP contribution in [0.5, 0.6) is 0 Å². The van der Waals surface area contributed by atoms with Crippen molar-refractivity contribution < 1.29 is 9.90 Å². The van der Waals surface area contributed by atoms with Crippen molar-refractivity contribution in [3.8, 4) is 0 Å². The van der Waals surface area contributed by atoms with Gasteiger partial charge in [-0.05, 0) is 43.4 Å². The maximum atomic E-state index is 10.7. The number of hydrogen-bond donors (Lipinski definition) is 2. The molecule has 0 amide bonds. The first kappa shape index (κ1) is 10.8. The van der Waals surface area contributed by atoms with E-state index in [9.17, 15) is 4.79 Å². The highest BCUT2D eigenvalue weighted by Gasteiger charge is 2.46. The Hall–Kier alpha value is -0.280. The first-order valence-electron chi connectivity index (χ1n) is 4.68. The molecule has 3 N–H and O–H groups in total. The summed E-state index contributed by atoms with van der Waals surface area (Å²) in [6, 6.07) is -0.606. The maximum Gasteiger partial charge on any atom is 0.320 e. The SMILES string of the molecule is Cl.N[C@H](C(=O)O)C(C1CC1)C1CC1. The number of carbonyl (C=O) groups is 1. The maximum absolute atomic E-state index is 10.7. The fourth-order valence-electron chi connectivity index (χ4n) is 2.10. The summed E-state index contributed by atoms with van der Waals surface area (Å²) in [7, 11) is 0. The average Bonchev–Trinajstić information content (AvgIpc) is 2.81. The zero-order valence-corrected chi connectivity index (χ0v) is 8.30. The van der Waals surface area contributed by atoms with E-state index in [2.05, 4.69) is 0 Å². The summed E-state index contributed by atoms with van der Waals surface area (Å²) in [5.74, 6) is 0.716. The molecule has 76 valence electrons. The molecule has 0 aliphatic heterocycles. The largest absolute Gasteiger partial charge is 0.480 e. The molecule has 2 rings (SSSR count). The van der Waals surface area contributed by atoms with Gasteiger partial charge in [0.2, 0.25) is 0 Å². The van der Waals surface area contributed by atoms with E-state index >= 15 is 0 Å². The molecule has 2 fully saturated rings. The number of aliphatic carboxylic acids is 1. The predicted molar refractivity (Wildman–Crippen MR) is 51.8 cm³/mol. The van der Waals surface area contributed by atoms with Crippen molar-refractivity contribution in [1.29, 1.82) is 0 Å². The van der Waals surface area contributed by atoms with Gasteiger partial charge in [-0.2, -0.15) is 0 Å². The summed E-state index contributed by atoms with van der Waals surface area (Å²) in [5.41, 5.74) is 5.64. The Morgan fingerprint density at radius 1 is 1.23 bits per heavy atom. The van der Waals surface area contributed by atoms with Gasteiger partial charge in [0.1, 0.15) is 6.04 Å². The topological polar surface area (TPSA) is 63.3 Å². The Morgan fingerprint density at radius 3 is 1.85 bits per heavy atom. The highest BCUT2D eigenvalue weighted by Crippen LogP contribution is 2.50. The fourth-order valence-corrected chi connectivity index (χ4v) is 2.10. The van der Waals surface area contributed by atoms with Gasteiger partial charge in [-0.1, -0.05) is 0 Å². The lowest BCUT2D eigenvalue weighted by atomic mass is 9.90. The molecule has 2 aliphatic rings. The van der Waals surface area contributed by atoms with Crippen LogP contribution >= 0.6 is 12.4 Å². The number of carboxylic acid groups (broad SMARTS) is 1. The molecule has 4 heteroatoms. The molecule has 0 aromatic heterocycles. The lowest BCUT2D eigenvalue weighted by Gasteiger charge is -2.19. The average molecular weight is 206 g/mol. The van der Waals surface area contributed by atoms with Crippen LogP contribution in [0, 0.1) is 17.8 Å². The Labute approximate surface area is 84.1 Å². The van der Waals surface area contributed by atoms with Crippen molar-refractivity contribution in [3.05, 3.63) is 0 Å². The van der Waals surface area contributed by atoms with E-state index in [0.717, 1.165) is 0 Å². The normalized spacial score (nSPS) is 23.8. The molecular weight excluding hydrogens is 190 g/mol. The standard InChI is InChI=1S/C9H15NO2.ClH/c10-8(9(11)12)7(5-1-2-5)6-3-4-6;/h5-8H,1-4,10H2,(H,11,12);1H/t8-;/m0./s1. The van der Waals surface area contributed by atoms with Gasteiger partial charge in [0.15, 0.2) is 0 Å². The van der Waals surface area contributed by atoms with Crippen LogP contribution in [0.2, 0.25) is 0 Å². The predicted octanol–water partition coefficient (Wildman–Crippen LogP) is 1.26. The minimum absolute atomic E-state index is 0. The van der Waals surface area contributed by atoms with Gasteiger partial charge in [-0.25, -0.2) is 0 Å². The molecule has 0 aromatic carbocycles. The van der Waals surface area contributed by atoms with E-state index in [-0.39, 0.29) is 18.3 Å². The second-order valence-corrected chi connectivity index (χ2v) is 4.12. The minimum Gasteiger partial charge on any atom is -0.480 e. The summed E-state index contributed by atoms with van der Waals surface area (Å²) >= 11 is 0. The molecule has 0 spiro atoms. The number of carboxylic acids is 1. The van der Waals surface area contributed by atoms with Gasteiger partial charge in [0, 0.05) is 0 Å². The number of nitrogens with two attached hydrogens (primary N) is 1. The molecule has 2 saturated carbocycles. The van der Waals surface area contributed by atoms with Gasteiger partial charge in [0.25, 0.3) is 0 Å². The number of halogens is 1. The van der Waals surface area contributed by atoms with Crippen molar-refractivity contribution in [2.75, 3.05) is 0 Å². The van der Waals surface area contributed by atoms with Crippen LogP contribution in [0.15, 0.2) is 0 Å². The van der Waals surface area contributed by atoms with E-state index in [0.29, 0.717) is 11.8 Å². The lowest BCUT2D eigenvalue weighted by Crippen LogP contribution is -2.40. The summed E-state index contributed by atoms with van der Waals surface area (Å²) < 4.78 is 0. The molecule has 0 bridgehead atoms. The number of hydrogen-bond acceptors (Lipinski definition) is 2. The van der Waals surface area contributed by atoms with Crippen LogP contribution in [0.4, 0.5) is 0 Å². The highest BCUT2D eigenvalue weighted by atomic mass is 35.5. The first-order chi connectivity index (χ1) is 5.70. The minimum atomic E-state index is -0.821. The molecule has 0 heterocycles. The van der Waals surface area contributed by atoms with Crippen LogP contribution in [0.25, 0.3) is 0 Å². The molecule has 3 nitrogen and oxygen atoms in total. The Morgan fingerprint density at radius 2 is 1.62 bits per heavy atom. The van der Waals surface area contributed by atoms with Crippen LogP contribution in [-0.4, -0.2) is 17.1 Å². The van der Waals surface area contributed by atoms with Gasteiger partial charge >= 0.3 is 5.97 Å². The van der Waals surface area contributed by atoms with E-state index < -0.39 is 12.0 Å². The summed E-state index contributed by atoms with van der Waals surface area (Å²) in [5, 5.41) is 8.78. The summed E-state index contributed by atoms with van der Waals surface area (Å²) in [6.07, 6.45) is 4.79. The third-order valence-electron chi connectivity index (χ3n) is 3.03. The van der Waals surface area contributed by atoms with Gasteiger partial charge < -0.3 is 10.8 Å². The third-order valence-corrected chi connectivity index (χ3v) is 3.03. The quantitative estimate of drug-likeness (QED) is 0.726. The molecular formula is C9H16ClNO2. The van der Waals surface area contributed by atoms with Crippen molar-refractivity contribution in [2.45, 2.75) is 31.7 Å². The zero-order chi connectivity index (χ0) is 8.72. The molecule has 0 radical (unpaired) electrons. The fraction of sp³-hybridized carbons (Fsp3) is 0.889. The van der Waals surface area contributed by atoms with Crippen LogP contribution in [0.3, 0.4) is 0 Å². The van der Waals surface area contributed by atoms with Crippen molar-refractivity contribution in [3.63, 3.8) is 0 Å². The van der Waals surface area contributed by atoms with Gasteiger partial charge in [0.05, 0.1) is 0 Å². The summed E-state index contributed by atoms with van der Waals surface area (Å²) in [6.45, 7) is 0. The van der Waals surface area contributed by atoms with E-state index in [1.54, 1.807) is 0 Å². The molecule has 0 aromatic rings. The van der Waals surface area contributed by atoms with Crippen molar-refractivity contribution in [2.24, 2.45) is 23.5 Å². The second kappa shape index (κ2) is 3.84. The zero-order valence-electron chi connectivity index (χ0n) is 7.48. The van der Waals surface area contributed by atoms with Gasteiger partial charge in [-0.15, -0.1) is 12.4 Å². The molecule has 0 saturated heterocycles. The second-order valence-electron chi connectivity index (χ2n) is 4.12. The monoisotopic (exact) mass is 205 g/mol. The Bertz CT molecular complexity index is 190. The smallest absolute Gasteiger partial charge is 0.320 e. The van der Waals surface area contributed by atoms with Crippen LogP contribution in [0.1, 0.15) is 25.7 Å². The Kier molecular flexibility index (Phi) is 3.19. The molecule has 13 heavy (non-hydrogen) atoms. The third kappa shape index (κ3) is 2.35. The van der Waals surface area contributed by atoms with Crippen molar-refractivity contribution in [1.82, 2.24) is 0 Å². The van der Waals surface area contributed by atoms with Crippen molar-refractivity contribution >= 4 is 18.4 Å². The molecule has 1 atom stereocenters. The lowest BCUT2D eigenvalue weighted by molar-refractivity contribution is -0.140. The highest BCUT2D eigenvalue weighted by molar-refractivity contribution is 5.85. The summed E-state index contributed by atoms with van der Waals surface area (Å²) in [4.78, 5) is 10.7. The van der Waals surface area contributed by atoms with E-state index in [1.807, 2.05) is 0 Å². The van der Waals surface area contributed by atoms with E-state index in [1.165, 1.54) is 25.7 Å². The van der Waals surface area contributed by atoms with Gasteiger partial charge in [-0.3, -0.25) is 4.79 Å². The van der Waals surface area contributed by atoms with Crippen LogP contribution in [-0.2, 0) is 4.79 Å². The molecule has 2 aliphatic carbocycles. The number of rotatable bonds is 4.